The Bertz CT molecular complexity index is 359. The first kappa shape index (κ1) is 24.1. The van der Waals surface area contributed by atoms with E-state index in [0.717, 1.165) is 11.8 Å². The molecular weight excluding hydrogens is 304 g/mol. The molecule has 12 nitrogen and oxygen atoms in total. The fourth-order valence-corrected chi connectivity index (χ4v) is 0.171. The number of hydrogen-bond acceptors (Lipinski definition) is 4. The minimum absolute atomic E-state index is 0.852. The quantitative estimate of drug-likeness (QED) is 0.520. The molecule has 126 valence electrons. The van der Waals surface area contributed by atoms with E-state index in [-0.39, 0.29) is 0 Å². The maximum atomic E-state index is 9.38. The van der Waals surface area contributed by atoms with Gasteiger partial charge in [-0.15, -0.1) is 0 Å². The second-order valence-electron chi connectivity index (χ2n) is 4.02. The van der Waals surface area contributed by atoms with E-state index >= 15 is 0 Å². The summed E-state index contributed by atoms with van der Waals surface area (Å²) in [6.45, 7) is 8.96. The van der Waals surface area contributed by atoms with Crippen LogP contribution in [0.3, 0.4) is 0 Å². The van der Waals surface area contributed by atoms with Crippen LogP contribution in [0, 0.1) is 11.8 Å². The maximum Gasteiger partial charge on any atom is 0.450 e. The van der Waals surface area contributed by atoms with Gasteiger partial charge in [-0.1, -0.05) is 48.2 Å². The maximum absolute atomic E-state index is 9.38. The van der Waals surface area contributed by atoms with Crippen LogP contribution in [0.1, 0.15) is 27.7 Å². The lowest BCUT2D eigenvalue weighted by Gasteiger charge is -2.05. The highest BCUT2D eigenvalue weighted by atomic mass is 16.4. The fraction of sp³-hybridized carbons (Fsp3) is 0.600. The molecule has 0 radical (unpaired) electrons. The Labute approximate surface area is 125 Å². The van der Waals surface area contributed by atoms with Gasteiger partial charge in [0.2, 0.25) is 0 Å². The zero-order valence-corrected chi connectivity index (χ0v) is 12.4. The molecule has 0 saturated carbocycles. The summed E-state index contributed by atoms with van der Waals surface area (Å²) >= 11 is 0. The van der Waals surface area contributed by atoms with Crippen LogP contribution in [0.25, 0.3) is 0 Å². The minimum Gasteiger partial charge on any atom is -0.462 e. The molecule has 4 amide bonds. The summed E-state index contributed by atoms with van der Waals surface area (Å²) in [6.07, 6.45) is -6.47. The van der Waals surface area contributed by atoms with E-state index in [9.17, 15) is 19.2 Å². The molecule has 0 aromatic rings. The lowest BCUT2D eigenvalue weighted by molar-refractivity contribution is 0.194. The highest BCUT2D eigenvalue weighted by molar-refractivity contribution is 5.70. The standard InChI is InChI=1S/C6H14.2C2H2N2O4/c1-5(2)6(3)4;2*5-1(6)3-4-2(7)8/h5-6H,1-4H3;2*(H,5,6)(H,7,8). The number of carboxylic acid groups (broad SMARTS) is 4. The first-order valence-corrected chi connectivity index (χ1v) is 5.65. The lowest BCUT2D eigenvalue weighted by atomic mass is 10.0. The van der Waals surface area contributed by atoms with Crippen molar-refractivity contribution >= 4 is 24.4 Å². The number of rotatable bonds is 1. The van der Waals surface area contributed by atoms with Gasteiger partial charge < -0.3 is 20.4 Å². The first-order chi connectivity index (χ1) is 9.89. The van der Waals surface area contributed by atoms with E-state index in [0.29, 0.717) is 0 Å². The van der Waals surface area contributed by atoms with Gasteiger partial charge in [0.1, 0.15) is 0 Å². The largest absolute Gasteiger partial charge is 0.462 e. The Kier molecular flexibility index (Phi) is 15.9. The third kappa shape index (κ3) is 36.0. The zero-order chi connectivity index (χ0) is 18.3. The summed E-state index contributed by atoms with van der Waals surface area (Å²) in [4.78, 5) is 37.5. The molecule has 0 atom stereocenters. The van der Waals surface area contributed by atoms with Gasteiger partial charge in [0.25, 0.3) is 0 Å². The molecule has 0 aliphatic rings. The van der Waals surface area contributed by atoms with E-state index in [1.165, 1.54) is 0 Å². The molecule has 0 heterocycles. The number of hydrogen-bond donors (Lipinski definition) is 4. The molecule has 0 fully saturated rings. The number of carbonyl (C=O) groups is 4. The van der Waals surface area contributed by atoms with Gasteiger partial charge in [-0.3, -0.25) is 0 Å². The number of amides is 4. The minimum atomic E-state index is -1.62. The fourth-order valence-electron chi connectivity index (χ4n) is 0.171. The van der Waals surface area contributed by atoms with E-state index in [1.54, 1.807) is 0 Å². The summed E-state index contributed by atoms with van der Waals surface area (Å²) < 4.78 is 0. The number of nitrogens with zero attached hydrogens (tertiary/aromatic N) is 4. The number of azo groups is 2. The van der Waals surface area contributed by atoms with Gasteiger partial charge in [-0.2, -0.15) is 0 Å². The van der Waals surface area contributed by atoms with Crippen molar-refractivity contribution < 1.29 is 39.6 Å². The van der Waals surface area contributed by atoms with Crippen molar-refractivity contribution in [3.05, 3.63) is 0 Å². The molecule has 0 unspecified atom stereocenters. The monoisotopic (exact) mass is 322 g/mol. The van der Waals surface area contributed by atoms with Crippen LogP contribution < -0.4 is 0 Å². The second-order valence-corrected chi connectivity index (χ2v) is 4.02. The Morgan fingerprint density at radius 2 is 0.682 bits per heavy atom. The van der Waals surface area contributed by atoms with E-state index in [2.05, 4.69) is 48.2 Å². The first-order valence-electron chi connectivity index (χ1n) is 5.65. The van der Waals surface area contributed by atoms with Crippen molar-refractivity contribution in [2.24, 2.45) is 32.3 Å². The van der Waals surface area contributed by atoms with E-state index < -0.39 is 24.4 Å². The third-order valence-corrected chi connectivity index (χ3v) is 1.78. The van der Waals surface area contributed by atoms with Crippen molar-refractivity contribution in [1.29, 1.82) is 0 Å². The smallest absolute Gasteiger partial charge is 0.450 e. The van der Waals surface area contributed by atoms with Crippen LogP contribution in [0.15, 0.2) is 20.5 Å². The molecule has 0 aromatic heterocycles. The van der Waals surface area contributed by atoms with Crippen LogP contribution in [-0.4, -0.2) is 44.8 Å². The Morgan fingerprint density at radius 1 is 0.545 bits per heavy atom. The van der Waals surface area contributed by atoms with Crippen molar-refractivity contribution in [3.8, 4) is 0 Å². The van der Waals surface area contributed by atoms with Crippen LogP contribution in [-0.2, 0) is 0 Å². The van der Waals surface area contributed by atoms with Gasteiger partial charge >= 0.3 is 24.4 Å². The van der Waals surface area contributed by atoms with Crippen LogP contribution in [0.5, 0.6) is 0 Å². The molecule has 0 spiro atoms. The third-order valence-electron chi connectivity index (χ3n) is 1.78. The Morgan fingerprint density at radius 3 is 0.727 bits per heavy atom. The Balaban J connectivity index is -0.000000249. The molecule has 0 aliphatic carbocycles. The molecule has 0 bridgehead atoms. The SMILES string of the molecule is CC(C)C(C)C.O=C(O)N=NC(=O)O.O=C(O)N=NC(=O)O. The van der Waals surface area contributed by atoms with Crippen LogP contribution in [0.4, 0.5) is 19.2 Å². The van der Waals surface area contributed by atoms with Crippen LogP contribution in [0.2, 0.25) is 0 Å². The van der Waals surface area contributed by atoms with Gasteiger partial charge in [-0.25, -0.2) is 19.2 Å². The average Bonchev–Trinajstić information content (AvgIpc) is 2.35. The van der Waals surface area contributed by atoms with Gasteiger partial charge in [0.15, 0.2) is 0 Å². The van der Waals surface area contributed by atoms with E-state index in [4.69, 9.17) is 20.4 Å². The zero-order valence-electron chi connectivity index (χ0n) is 12.4. The lowest BCUT2D eigenvalue weighted by Crippen LogP contribution is -1.95. The molecule has 4 N–H and O–H groups in total. The Hall–Kier alpha value is -2.92. The van der Waals surface area contributed by atoms with Crippen molar-refractivity contribution in [3.63, 3.8) is 0 Å². The summed E-state index contributed by atoms with van der Waals surface area (Å²) in [6, 6.07) is 0. The van der Waals surface area contributed by atoms with E-state index in [1.807, 2.05) is 0 Å². The molecule has 0 saturated heterocycles. The summed E-state index contributed by atoms with van der Waals surface area (Å²) in [7, 11) is 0. The highest BCUT2D eigenvalue weighted by Gasteiger charge is 1.95. The summed E-state index contributed by atoms with van der Waals surface area (Å²) in [5.41, 5.74) is 0. The van der Waals surface area contributed by atoms with Crippen molar-refractivity contribution in [1.82, 2.24) is 0 Å². The molecule has 12 heteroatoms. The molecule has 0 aliphatic heterocycles. The van der Waals surface area contributed by atoms with Crippen molar-refractivity contribution in [2.75, 3.05) is 0 Å². The van der Waals surface area contributed by atoms with Crippen LogP contribution >= 0.6 is 0 Å². The van der Waals surface area contributed by atoms with Gasteiger partial charge in [0, 0.05) is 0 Å². The molecular formula is C10H18N4O8. The predicted octanol–water partition coefficient (Wildman–Crippen LogP) is 3.89. The normalized spacial score (nSPS) is 9.91. The second kappa shape index (κ2) is 14.5. The van der Waals surface area contributed by atoms with Gasteiger partial charge in [0.05, 0.1) is 0 Å². The topological polar surface area (TPSA) is 199 Å². The molecule has 0 rings (SSSR count). The summed E-state index contributed by atoms with van der Waals surface area (Å²) in [5, 5.41) is 39.6. The summed E-state index contributed by atoms with van der Waals surface area (Å²) in [5.74, 6) is 1.70. The average molecular weight is 322 g/mol. The van der Waals surface area contributed by atoms with Gasteiger partial charge in [-0.05, 0) is 11.8 Å². The molecule has 0 aromatic carbocycles. The highest BCUT2D eigenvalue weighted by Crippen LogP contribution is 2.05. The van der Waals surface area contributed by atoms with Crippen molar-refractivity contribution in [2.45, 2.75) is 27.7 Å². The molecule has 22 heavy (non-hydrogen) atoms. The predicted molar refractivity (Wildman–Crippen MR) is 71.5 cm³/mol.